The van der Waals surface area contributed by atoms with Gasteiger partial charge in [-0.05, 0) is 31.2 Å². The van der Waals surface area contributed by atoms with Gasteiger partial charge in [-0.1, -0.05) is 17.3 Å². The van der Waals surface area contributed by atoms with Gasteiger partial charge in [0.15, 0.2) is 5.82 Å². The molecule has 0 aliphatic carbocycles. The number of hydrogen-bond acceptors (Lipinski definition) is 5. The van der Waals surface area contributed by atoms with Gasteiger partial charge in [-0.25, -0.2) is 4.98 Å². The molecule has 0 unspecified atom stereocenters. The minimum atomic E-state index is -4.57. The second-order valence-electron chi connectivity index (χ2n) is 5.38. The van der Waals surface area contributed by atoms with E-state index >= 15 is 0 Å². The number of pyridine rings is 1. The van der Waals surface area contributed by atoms with Gasteiger partial charge < -0.3 is 15.2 Å². The highest BCUT2D eigenvalue weighted by Crippen LogP contribution is 2.34. The van der Waals surface area contributed by atoms with Crippen molar-refractivity contribution in [2.75, 3.05) is 10.6 Å². The van der Waals surface area contributed by atoms with E-state index in [9.17, 15) is 18.0 Å². The molecule has 1 aromatic carbocycles. The van der Waals surface area contributed by atoms with Gasteiger partial charge in [-0.3, -0.25) is 4.79 Å². The number of amides is 1. The molecule has 134 valence electrons. The van der Waals surface area contributed by atoms with Crippen LogP contribution < -0.4 is 10.6 Å². The van der Waals surface area contributed by atoms with Crippen molar-refractivity contribution < 1.29 is 22.5 Å². The molecule has 0 radical (unpaired) electrons. The van der Waals surface area contributed by atoms with Gasteiger partial charge in [-0.2, -0.15) is 13.2 Å². The summed E-state index contributed by atoms with van der Waals surface area (Å²) >= 11 is 0. The molecule has 0 aliphatic rings. The smallest absolute Gasteiger partial charge is 0.360 e. The van der Waals surface area contributed by atoms with Crippen molar-refractivity contribution in [1.82, 2.24) is 10.1 Å². The Labute approximate surface area is 146 Å². The molecule has 9 heteroatoms. The molecule has 0 saturated carbocycles. The van der Waals surface area contributed by atoms with Crippen molar-refractivity contribution in [1.29, 1.82) is 0 Å². The van der Waals surface area contributed by atoms with Crippen molar-refractivity contribution in [3.05, 3.63) is 65.5 Å². The van der Waals surface area contributed by atoms with Crippen LogP contribution in [0.5, 0.6) is 0 Å². The average molecular weight is 362 g/mol. The Morgan fingerprint density at radius 1 is 1.12 bits per heavy atom. The number of anilines is 3. The van der Waals surface area contributed by atoms with Gasteiger partial charge in [0.25, 0.3) is 5.91 Å². The number of rotatable bonds is 4. The van der Waals surface area contributed by atoms with E-state index in [-0.39, 0.29) is 11.3 Å². The van der Waals surface area contributed by atoms with Crippen molar-refractivity contribution in [3.63, 3.8) is 0 Å². The maximum absolute atomic E-state index is 13.0. The van der Waals surface area contributed by atoms with E-state index in [0.29, 0.717) is 17.4 Å². The first-order valence-electron chi connectivity index (χ1n) is 7.47. The highest BCUT2D eigenvalue weighted by molar-refractivity contribution is 6.05. The molecule has 2 heterocycles. The minimum Gasteiger partial charge on any atom is -0.360 e. The number of carbonyl (C=O) groups is 1. The summed E-state index contributed by atoms with van der Waals surface area (Å²) < 4.78 is 44.0. The lowest BCUT2D eigenvalue weighted by Gasteiger charge is -2.13. The molecular weight excluding hydrogens is 349 g/mol. The normalized spacial score (nSPS) is 11.2. The topological polar surface area (TPSA) is 80.0 Å². The molecule has 26 heavy (non-hydrogen) atoms. The van der Waals surface area contributed by atoms with Gasteiger partial charge in [0.05, 0.1) is 11.3 Å². The average Bonchev–Trinajstić information content (AvgIpc) is 2.99. The molecule has 0 saturated heterocycles. The summed E-state index contributed by atoms with van der Waals surface area (Å²) in [5.74, 6) is 0.596. The lowest BCUT2D eigenvalue weighted by molar-refractivity contribution is -0.136. The largest absolute Gasteiger partial charge is 0.418 e. The Morgan fingerprint density at radius 3 is 2.58 bits per heavy atom. The summed E-state index contributed by atoms with van der Waals surface area (Å²) in [5, 5.41) is 8.86. The molecule has 1 amide bonds. The van der Waals surface area contributed by atoms with E-state index in [0.717, 1.165) is 6.07 Å². The van der Waals surface area contributed by atoms with Crippen LogP contribution in [0.2, 0.25) is 0 Å². The molecule has 3 aromatic rings. The van der Waals surface area contributed by atoms with Crippen molar-refractivity contribution in [2.45, 2.75) is 13.1 Å². The fourth-order valence-electron chi connectivity index (χ4n) is 2.23. The van der Waals surface area contributed by atoms with Crippen molar-refractivity contribution in [2.24, 2.45) is 0 Å². The Hall–Kier alpha value is -3.36. The number of para-hydroxylation sites is 1. The Balaban J connectivity index is 1.80. The Kier molecular flexibility index (Phi) is 4.61. The van der Waals surface area contributed by atoms with Crippen LogP contribution in [0, 0.1) is 6.92 Å². The number of carbonyl (C=O) groups excluding carboxylic acids is 1. The number of aryl methyl sites for hydroxylation is 1. The number of nitrogens with one attached hydrogen (secondary N) is 2. The maximum atomic E-state index is 13.0. The molecule has 0 fully saturated rings. The van der Waals surface area contributed by atoms with Crippen molar-refractivity contribution in [3.8, 4) is 0 Å². The second-order valence-corrected chi connectivity index (χ2v) is 5.38. The fourth-order valence-corrected chi connectivity index (χ4v) is 2.23. The molecule has 2 N–H and O–H groups in total. The lowest BCUT2D eigenvalue weighted by atomic mass is 10.1. The Morgan fingerprint density at radius 2 is 1.88 bits per heavy atom. The molecule has 0 aliphatic heterocycles. The number of halogens is 3. The summed E-state index contributed by atoms with van der Waals surface area (Å²) in [5.41, 5.74) is -1.10. The first kappa shape index (κ1) is 17.5. The van der Waals surface area contributed by atoms with Crippen LogP contribution >= 0.6 is 0 Å². The van der Waals surface area contributed by atoms with Crippen LogP contribution in [0.1, 0.15) is 21.7 Å². The molecule has 2 aromatic heterocycles. The molecule has 3 rings (SSSR count). The van der Waals surface area contributed by atoms with Crippen LogP contribution in [0.4, 0.5) is 30.5 Å². The number of hydrogen-bond donors (Lipinski definition) is 2. The predicted octanol–water partition coefficient (Wildman–Crippen LogP) is 4.39. The van der Waals surface area contributed by atoms with Gasteiger partial charge in [-0.15, -0.1) is 0 Å². The van der Waals surface area contributed by atoms with Gasteiger partial charge in [0.1, 0.15) is 11.6 Å². The second kappa shape index (κ2) is 6.87. The summed E-state index contributed by atoms with van der Waals surface area (Å²) in [7, 11) is 0. The van der Waals surface area contributed by atoms with E-state index in [1.165, 1.54) is 36.5 Å². The van der Waals surface area contributed by atoms with Gasteiger partial charge >= 0.3 is 6.18 Å². The van der Waals surface area contributed by atoms with E-state index in [1.54, 1.807) is 13.0 Å². The van der Waals surface area contributed by atoms with E-state index in [4.69, 9.17) is 4.52 Å². The highest BCUT2D eigenvalue weighted by atomic mass is 19.4. The quantitative estimate of drug-likeness (QED) is 0.719. The summed E-state index contributed by atoms with van der Waals surface area (Å²) in [6.07, 6.45) is -3.21. The fraction of sp³-hybridized carbons (Fsp3) is 0.118. The third kappa shape index (κ3) is 4.00. The zero-order valence-electron chi connectivity index (χ0n) is 13.5. The first-order valence-corrected chi connectivity index (χ1v) is 7.47. The number of nitrogens with zero attached hydrogens (tertiary/aromatic N) is 2. The van der Waals surface area contributed by atoms with E-state index in [2.05, 4.69) is 20.8 Å². The van der Waals surface area contributed by atoms with Gasteiger partial charge in [0, 0.05) is 17.8 Å². The molecule has 0 atom stereocenters. The van der Waals surface area contributed by atoms with Crippen LogP contribution in [-0.2, 0) is 6.18 Å². The van der Waals surface area contributed by atoms with Crippen LogP contribution in [-0.4, -0.2) is 16.0 Å². The third-order valence-corrected chi connectivity index (χ3v) is 3.39. The first-order chi connectivity index (χ1) is 12.3. The molecule has 0 spiro atoms. The number of aromatic nitrogens is 2. The van der Waals surface area contributed by atoms with Crippen LogP contribution in [0.15, 0.2) is 53.2 Å². The third-order valence-electron chi connectivity index (χ3n) is 3.39. The standard InChI is InChI=1S/C17H13F3N4O2/c1-10-8-15(24-26-10)23-14-9-11(6-7-21-14)16(25)22-13-5-3-2-4-12(13)17(18,19)20/h2-9H,1H3,(H,22,25)(H,21,23,24). The Bertz CT molecular complexity index is 938. The number of alkyl halides is 3. The predicted molar refractivity (Wildman–Crippen MR) is 88.2 cm³/mol. The van der Waals surface area contributed by atoms with Crippen molar-refractivity contribution >= 4 is 23.2 Å². The van der Waals surface area contributed by atoms with Gasteiger partial charge in [0.2, 0.25) is 0 Å². The van der Waals surface area contributed by atoms with E-state index < -0.39 is 17.6 Å². The zero-order valence-corrected chi connectivity index (χ0v) is 13.5. The zero-order chi connectivity index (χ0) is 18.7. The minimum absolute atomic E-state index is 0.139. The molecular formula is C17H13F3N4O2. The highest BCUT2D eigenvalue weighted by Gasteiger charge is 2.33. The monoisotopic (exact) mass is 362 g/mol. The summed E-state index contributed by atoms with van der Waals surface area (Å²) in [6.45, 7) is 1.72. The maximum Gasteiger partial charge on any atom is 0.418 e. The molecule has 0 bridgehead atoms. The van der Waals surface area contributed by atoms with Crippen LogP contribution in [0.25, 0.3) is 0 Å². The van der Waals surface area contributed by atoms with Crippen LogP contribution in [0.3, 0.4) is 0 Å². The molecule has 6 nitrogen and oxygen atoms in total. The summed E-state index contributed by atoms with van der Waals surface area (Å²) in [6, 6.07) is 9.19. The summed E-state index contributed by atoms with van der Waals surface area (Å²) in [4.78, 5) is 16.4. The van der Waals surface area contributed by atoms with E-state index in [1.807, 2.05) is 0 Å². The SMILES string of the molecule is Cc1cc(Nc2cc(C(=O)Nc3ccccc3C(F)(F)F)ccn2)no1. The number of benzene rings is 1. The lowest BCUT2D eigenvalue weighted by Crippen LogP contribution is -2.16.